The molecule has 0 bridgehead atoms. The smallest absolute Gasteiger partial charge is 0.255 e. The summed E-state index contributed by atoms with van der Waals surface area (Å²) in [5.74, 6) is 0.937. The second kappa shape index (κ2) is 7.76. The summed E-state index contributed by atoms with van der Waals surface area (Å²) in [6, 6.07) is 9.56. The molecule has 0 aliphatic carbocycles. The number of hydrogen-bond donors (Lipinski definition) is 0. The van der Waals surface area contributed by atoms with Gasteiger partial charge in [0.2, 0.25) is 0 Å². The Morgan fingerprint density at radius 2 is 1.96 bits per heavy atom. The van der Waals surface area contributed by atoms with Gasteiger partial charge in [-0.25, -0.2) is 4.98 Å². The van der Waals surface area contributed by atoms with Gasteiger partial charge >= 0.3 is 0 Å². The van der Waals surface area contributed by atoms with Gasteiger partial charge in [0.05, 0.1) is 10.6 Å². The van der Waals surface area contributed by atoms with Gasteiger partial charge in [-0.3, -0.25) is 4.79 Å². The molecule has 2 aromatic rings. The minimum atomic E-state index is -0.000634. The fourth-order valence-corrected chi connectivity index (χ4v) is 3.53. The van der Waals surface area contributed by atoms with Crippen LogP contribution in [0.5, 0.6) is 0 Å². The standard InChI is InChI=1S/C17H17BrClN3OS/c1-24-13-3-4-15(19)14(10-13)17(23)22-8-6-21(7-9-22)16-5-2-12(18)11-20-16/h2-5,10-11H,6-9H2,1H3. The van der Waals surface area contributed by atoms with Crippen LogP contribution in [0.25, 0.3) is 0 Å². The first kappa shape index (κ1) is 17.6. The third kappa shape index (κ3) is 3.87. The fraction of sp³-hybridized carbons (Fsp3) is 0.294. The summed E-state index contributed by atoms with van der Waals surface area (Å²) in [6.45, 7) is 2.85. The Hall–Kier alpha value is -1.24. The molecule has 0 saturated carbocycles. The van der Waals surface area contributed by atoms with Gasteiger partial charge in [0.1, 0.15) is 5.82 Å². The molecule has 0 atom stereocenters. The second-order valence-electron chi connectivity index (χ2n) is 5.46. The van der Waals surface area contributed by atoms with Crippen LogP contribution in [-0.4, -0.2) is 48.2 Å². The number of pyridine rings is 1. The van der Waals surface area contributed by atoms with E-state index in [2.05, 4.69) is 25.8 Å². The van der Waals surface area contributed by atoms with Crippen LogP contribution < -0.4 is 4.90 Å². The molecule has 7 heteroatoms. The van der Waals surface area contributed by atoms with Gasteiger partial charge in [-0.15, -0.1) is 11.8 Å². The molecular formula is C17H17BrClN3OS. The highest BCUT2D eigenvalue weighted by Gasteiger charge is 2.24. The number of rotatable bonds is 3. The molecule has 1 aliphatic rings. The predicted molar refractivity (Wildman–Crippen MR) is 103 cm³/mol. The van der Waals surface area contributed by atoms with Crippen molar-refractivity contribution in [2.75, 3.05) is 37.3 Å². The van der Waals surface area contributed by atoms with E-state index in [-0.39, 0.29) is 5.91 Å². The van der Waals surface area contributed by atoms with Crippen molar-refractivity contribution in [3.63, 3.8) is 0 Å². The first-order valence-corrected chi connectivity index (χ1v) is 9.97. The third-order valence-electron chi connectivity index (χ3n) is 4.01. The summed E-state index contributed by atoms with van der Waals surface area (Å²) in [7, 11) is 0. The summed E-state index contributed by atoms with van der Waals surface area (Å²) in [4.78, 5) is 22.3. The maximum absolute atomic E-state index is 12.8. The highest BCUT2D eigenvalue weighted by atomic mass is 79.9. The first-order chi connectivity index (χ1) is 11.6. The number of carbonyl (C=O) groups excluding carboxylic acids is 1. The van der Waals surface area contributed by atoms with Crippen molar-refractivity contribution < 1.29 is 4.79 Å². The van der Waals surface area contributed by atoms with Crippen molar-refractivity contribution in [3.05, 3.63) is 51.6 Å². The summed E-state index contributed by atoms with van der Waals surface area (Å²) < 4.78 is 0.961. The Bertz CT molecular complexity index is 733. The zero-order chi connectivity index (χ0) is 17.1. The molecule has 4 nitrogen and oxygen atoms in total. The topological polar surface area (TPSA) is 36.4 Å². The van der Waals surface area contributed by atoms with Gasteiger partial charge in [-0.05, 0) is 52.5 Å². The highest BCUT2D eigenvalue weighted by molar-refractivity contribution is 9.10. The number of piperazine rings is 1. The SMILES string of the molecule is CSc1ccc(Cl)c(C(=O)N2CCN(c3ccc(Br)cn3)CC2)c1. The molecule has 126 valence electrons. The normalized spacial score (nSPS) is 14.8. The Morgan fingerprint density at radius 1 is 1.21 bits per heavy atom. The van der Waals surface area contributed by atoms with Crippen LogP contribution in [0.1, 0.15) is 10.4 Å². The molecule has 2 heterocycles. The number of benzene rings is 1. The maximum Gasteiger partial charge on any atom is 0.255 e. The van der Waals surface area contributed by atoms with Crippen LogP contribution in [0.15, 0.2) is 45.9 Å². The third-order valence-corrected chi connectivity index (χ3v) is 5.53. The number of thioether (sulfide) groups is 1. The minimum Gasteiger partial charge on any atom is -0.353 e. The Morgan fingerprint density at radius 3 is 2.58 bits per heavy atom. The van der Waals surface area contributed by atoms with Gasteiger partial charge in [0, 0.05) is 41.7 Å². The number of nitrogens with zero attached hydrogens (tertiary/aromatic N) is 3. The zero-order valence-electron chi connectivity index (χ0n) is 13.2. The van der Waals surface area contributed by atoms with Crippen molar-refractivity contribution in [2.45, 2.75) is 4.90 Å². The Balaban J connectivity index is 1.68. The molecule has 24 heavy (non-hydrogen) atoms. The van der Waals surface area contributed by atoms with Crippen LogP contribution >= 0.6 is 39.3 Å². The van der Waals surface area contributed by atoms with Crippen LogP contribution in [-0.2, 0) is 0 Å². The van der Waals surface area contributed by atoms with E-state index in [4.69, 9.17) is 11.6 Å². The fourth-order valence-electron chi connectivity index (χ4n) is 2.66. The number of hydrogen-bond acceptors (Lipinski definition) is 4. The lowest BCUT2D eigenvalue weighted by atomic mass is 10.1. The van der Waals surface area contributed by atoms with E-state index in [1.54, 1.807) is 24.0 Å². The Kier molecular flexibility index (Phi) is 5.69. The quantitative estimate of drug-likeness (QED) is 0.690. The molecule has 1 fully saturated rings. The van der Waals surface area contributed by atoms with E-state index < -0.39 is 0 Å². The van der Waals surface area contributed by atoms with Crippen molar-refractivity contribution in [2.24, 2.45) is 0 Å². The molecule has 1 aromatic heterocycles. The number of halogens is 2. The molecule has 1 saturated heterocycles. The summed E-state index contributed by atoms with van der Waals surface area (Å²) in [5.41, 5.74) is 0.582. The first-order valence-electron chi connectivity index (χ1n) is 7.58. The van der Waals surface area contributed by atoms with Crippen molar-refractivity contribution >= 4 is 51.0 Å². The van der Waals surface area contributed by atoms with Crippen LogP contribution in [0.3, 0.4) is 0 Å². The van der Waals surface area contributed by atoms with Crippen LogP contribution in [0.4, 0.5) is 5.82 Å². The van der Waals surface area contributed by atoms with E-state index >= 15 is 0 Å². The van der Waals surface area contributed by atoms with Gasteiger partial charge in [-0.2, -0.15) is 0 Å². The highest BCUT2D eigenvalue weighted by Crippen LogP contribution is 2.25. The van der Waals surface area contributed by atoms with E-state index in [9.17, 15) is 4.79 Å². The van der Waals surface area contributed by atoms with Crippen molar-refractivity contribution in [1.82, 2.24) is 9.88 Å². The van der Waals surface area contributed by atoms with Crippen molar-refractivity contribution in [1.29, 1.82) is 0 Å². The average Bonchev–Trinajstić information content (AvgIpc) is 2.62. The number of carbonyl (C=O) groups is 1. The molecule has 1 aromatic carbocycles. The molecule has 3 rings (SSSR count). The predicted octanol–water partition coefficient (Wildman–Crippen LogP) is 4.18. The summed E-state index contributed by atoms with van der Waals surface area (Å²) in [5, 5.41) is 0.509. The second-order valence-corrected chi connectivity index (χ2v) is 7.66. The van der Waals surface area contributed by atoms with Crippen molar-refractivity contribution in [3.8, 4) is 0 Å². The maximum atomic E-state index is 12.8. The summed E-state index contributed by atoms with van der Waals surface area (Å²) in [6.07, 6.45) is 3.78. The molecule has 0 radical (unpaired) electrons. The lowest BCUT2D eigenvalue weighted by molar-refractivity contribution is 0.0746. The molecule has 1 aliphatic heterocycles. The minimum absolute atomic E-state index is 0.000634. The van der Waals surface area contributed by atoms with Gasteiger partial charge in [0.15, 0.2) is 0 Å². The van der Waals surface area contributed by atoms with E-state index in [1.165, 1.54) is 0 Å². The average molecular weight is 427 g/mol. The number of aromatic nitrogens is 1. The largest absolute Gasteiger partial charge is 0.353 e. The number of amides is 1. The molecule has 0 N–H and O–H groups in total. The Labute approximate surface area is 159 Å². The lowest BCUT2D eigenvalue weighted by Crippen LogP contribution is -2.49. The van der Waals surface area contributed by atoms with Crippen LogP contribution in [0.2, 0.25) is 5.02 Å². The lowest BCUT2D eigenvalue weighted by Gasteiger charge is -2.35. The monoisotopic (exact) mass is 425 g/mol. The number of anilines is 1. The molecular weight excluding hydrogens is 410 g/mol. The van der Waals surface area contributed by atoms with Gasteiger partial charge in [-0.1, -0.05) is 11.6 Å². The van der Waals surface area contributed by atoms with Gasteiger partial charge < -0.3 is 9.80 Å². The zero-order valence-corrected chi connectivity index (χ0v) is 16.4. The molecule has 0 spiro atoms. The van der Waals surface area contributed by atoms with E-state index in [1.807, 2.05) is 35.4 Å². The molecule has 0 unspecified atom stereocenters. The summed E-state index contributed by atoms with van der Waals surface area (Å²) >= 11 is 11.2. The van der Waals surface area contributed by atoms with Crippen LogP contribution in [0, 0.1) is 0 Å². The van der Waals surface area contributed by atoms with E-state index in [0.717, 1.165) is 28.3 Å². The van der Waals surface area contributed by atoms with Gasteiger partial charge in [0.25, 0.3) is 5.91 Å². The van der Waals surface area contributed by atoms with E-state index in [0.29, 0.717) is 23.7 Å². The molecule has 1 amide bonds.